The van der Waals surface area contributed by atoms with Crippen LogP contribution in [0.15, 0.2) is 23.6 Å². The van der Waals surface area contributed by atoms with Crippen LogP contribution in [0.1, 0.15) is 10.7 Å². The molecule has 0 fully saturated rings. The zero-order chi connectivity index (χ0) is 12.4. The summed E-state index contributed by atoms with van der Waals surface area (Å²) in [6.07, 6.45) is 0. The first-order chi connectivity index (χ1) is 8.06. The minimum atomic E-state index is 0.690. The quantitative estimate of drug-likeness (QED) is 0.868. The van der Waals surface area contributed by atoms with Gasteiger partial charge in [-0.15, -0.1) is 11.3 Å². The van der Waals surface area contributed by atoms with Crippen molar-refractivity contribution in [1.29, 1.82) is 0 Å². The van der Waals surface area contributed by atoms with E-state index in [-0.39, 0.29) is 0 Å². The van der Waals surface area contributed by atoms with E-state index in [1.807, 2.05) is 26.1 Å². The Kier molecular flexibility index (Phi) is 3.54. The molecular weight excluding hydrogens is 254 g/mol. The molecule has 0 saturated heterocycles. The number of anilines is 2. The minimum Gasteiger partial charge on any atom is -0.397 e. The predicted octanol–water partition coefficient (Wildman–Crippen LogP) is 3.32. The van der Waals surface area contributed by atoms with Crippen LogP contribution in [0.25, 0.3) is 0 Å². The second-order valence-corrected chi connectivity index (χ2v) is 5.42. The van der Waals surface area contributed by atoms with E-state index in [9.17, 15) is 0 Å². The van der Waals surface area contributed by atoms with E-state index in [0.717, 1.165) is 28.6 Å². The maximum Gasteiger partial charge on any atom is 0.0898 e. The number of nitrogen functional groups attached to an aromatic ring is 1. The highest BCUT2D eigenvalue weighted by Crippen LogP contribution is 2.27. The number of hydrogen-bond donors (Lipinski definition) is 1. The van der Waals surface area contributed by atoms with E-state index in [0.29, 0.717) is 5.02 Å². The number of nitrogens with two attached hydrogens (primary N) is 1. The fraction of sp³-hybridized carbons (Fsp3) is 0.250. The largest absolute Gasteiger partial charge is 0.397 e. The van der Waals surface area contributed by atoms with Crippen molar-refractivity contribution in [3.8, 4) is 0 Å². The maximum absolute atomic E-state index is 5.97. The van der Waals surface area contributed by atoms with Crippen molar-refractivity contribution in [2.24, 2.45) is 0 Å². The van der Waals surface area contributed by atoms with E-state index < -0.39 is 0 Å². The Balaban J connectivity index is 2.19. The molecule has 0 bridgehead atoms. The molecule has 0 aliphatic rings. The molecule has 0 radical (unpaired) electrons. The van der Waals surface area contributed by atoms with Gasteiger partial charge in [0, 0.05) is 17.5 Å². The van der Waals surface area contributed by atoms with Crippen LogP contribution in [-0.4, -0.2) is 12.0 Å². The third-order valence-electron chi connectivity index (χ3n) is 2.47. The zero-order valence-corrected chi connectivity index (χ0v) is 11.3. The number of thiazole rings is 1. The summed E-state index contributed by atoms with van der Waals surface area (Å²) in [6.45, 7) is 2.73. The molecule has 0 spiro atoms. The van der Waals surface area contributed by atoms with Crippen LogP contribution in [0.3, 0.4) is 0 Å². The third-order valence-corrected chi connectivity index (χ3v) is 3.53. The normalized spacial score (nSPS) is 10.5. The van der Waals surface area contributed by atoms with Crippen LogP contribution < -0.4 is 10.6 Å². The Bertz CT molecular complexity index is 524. The van der Waals surface area contributed by atoms with Crippen LogP contribution in [0.2, 0.25) is 5.02 Å². The molecule has 0 unspecified atom stereocenters. The Hall–Kier alpha value is -1.26. The van der Waals surface area contributed by atoms with Crippen molar-refractivity contribution in [2.45, 2.75) is 13.5 Å². The van der Waals surface area contributed by atoms with Gasteiger partial charge in [-0.05, 0) is 25.1 Å². The van der Waals surface area contributed by atoms with Crippen LogP contribution in [0.4, 0.5) is 11.4 Å². The van der Waals surface area contributed by atoms with E-state index in [4.69, 9.17) is 17.3 Å². The van der Waals surface area contributed by atoms with Gasteiger partial charge < -0.3 is 10.6 Å². The highest BCUT2D eigenvalue weighted by Gasteiger charge is 2.08. The predicted molar refractivity (Wildman–Crippen MR) is 74.8 cm³/mol. The first-order valence-electron chi connectivity index (χ1n) is 5.23. The number of hydrogen-bond acceptors (Lipinski definition) is 4. The van der Waals surface area contributed by atoms with Gasteiger partial charge in [0.25, 0.3) is 0 Å². The van der Waals surface area contributed by atoms with Gasteiger partial charge in [-0.1, -0.05) is 11.6 Å². The number of nitrogens with zero attached hydrogens (tertiary/aromatic N) is 2. The first-order valence-corrected chi connectivity index (χ1v) is 6.49. The number of rotatable bonds is 3. The van der Waals surface area contributed by atoms with Crippen LogP contribution >= 0.6 is 22.9 Å². The SMILES string of the molecule is Cc1nc(CN(C)c2cc(Cl)ccc2N)cs1. The molecule has 0 aliphatic carbocycles. The van der Waals surface area contributed by atoms with Gasteiger partial charge in [-0.25, -0.2) is 4.98 Å². The Morgan fingerprint density at radius 1 is 1.47 bits per heavy atom. The van der Waals surface area contributed by atoms with Gasteiger partial charge in [0.15, 0.2) is 0 Å². The van der Waals surface area contributed by atoms with Gasteiger partial charge in [-0.2, -0.15) is 0 Å². The molecule has 3 nitrogen and oxygen atoms in total. The van der Waals surface area contributed by atoms with Crippen molar-refractivity contribution in [2.75, 3.05) is 17.7 Å². The molecule has 90 valence electrons. The maximum atomic E-state index is 5.97. The van der Waals surface area contributed by atoms with Crippen molar-refractivity contribution in [1.82, 2.24) is 4.98 Å². The number of benzene rings is 1. The second-order valence-electron chi connectivity index (χ2n) is 3.92. The standard InChI is InChI=1S/C12H14ClN3S/c1-8-15-10(7-17-8)6-16(2)12-5-9(13)3-4-11(12)14/h3-5,7H,6,14H2,1-2H3. The molecule has 0 aliphatic heterocycles. The van der Waals surface area contributed by atoms with Crippen molar-refractivity contribution in [3.63, 3.8) is 0 Å². The average Bonchev–Trinajstić information content (AvgIpc) is 2.67. The Morgan fingerprint density at radius 2 is 2.24 bits per heavy atom. The molecule has 2 aromatic rings. The van der Waals surface area contributed by atoms with E-state index in [2.05, 4.69) is 15.3 Å². The lowest BCUT2D eigenvalue weighted by Crippen LogP contribution is -2.18. The summed E-state index contributed by atoms with van der Waals surface area (Å²) >= 11 is 7.63. The molecule has 0 saturated carbocycles. The van der Waals surface area contributed by atoms with E-state index in [1.165, 1.54) is 0 Å². The molecule has 1 aromatic carbocycles. The summed E-state index contributed by atoms with van der Waals surface area (Å²) in [5.74, 6) is 0. The summed E-state index contributed by atoms with van der Waals surface area (Å²) in [5, 5.41) is 3.83. The van der Waals surface area contributed by atoms with E-state index in [1.54, 1.807) is 17.4 Å². The Morgan fingerprint density at radius 3 is 2.88 bits per heavy atom. The van der Waals surface area contributed by atoms with Crippen LogP contribution in [-0.2, 0) is 6.54 Å². The lowest BCUT2D eigenvalue weighted by atomic mass is 10.2. The molecule has 5 heteroatoms. The molecule has 0 amide bonds. The van der Waals surface area contributed by atoms with Crippen LogP contribution in [0, 0.1) is 6.92 Å². The fourth-order valence-electron chi connectivity index (χ4n) is 1.66. The topological polar surface area (TPSA) is 42.2 Å². The van der Waals surface area contributed by atoms with Gasteiger partial charge >= 0.3 is 0 Å². The highest BCUT2D eigenvalue weighted by molar-refractivity contribution is 7.09. The summed E-state index contributed by atoms with van der Waals surface area (Å²) in [4.78, 5) is 6.48. The lowest BCUT2D eigenvalue weighted by molar-refractivity contribution is 0.892. The van der Waals surface area contributed by atoms with Crippen molar-refractivity contribution < 1.29 is 0 Å². The lowest BCUT2D eigenvalue weighted by Gasteiger charge is -2.20. The smallest absolute Gasteiger partial charge is 0.0898 e. The summed E-state index contributed by atoms with van der Waals surface area (Å²) in [7, 11) is 1.98. The molecule has 2 N–H and O–H groups in total. The average molecular weight is 268 g/mol. The zero-order valence-electron chi connectivity index (χ0n) is 9.77. The van der Waals surface area contributed by atoms with Crippen molar-refractivity contribution in [3.05, 3.63) is 39.3 Å². The monoisotopic (exact) mass is 267 g/mol. The van der Waals surface area contributed by atoms with Crippen molar-refractivity contribution >= 4 is 34.3 Å². The summed E-state index contributed by atoms with van der Waals surface area (Å²) < 4.78 is 0. The third kappa shape index (κ3) is 2.90. The van der Waals surface area contributed by atoms with Gasteiger partial charge in [0.2, 0.25) is 0 Å². The number of halogens is 1. The summed E-state index contributed by atoms with van der Waals surface area (Å²) in [5.41, 5.74) is 8.64. The molecule has 0 atom stereocenters. The fourth-order valence-corrected chi connectivity index (χ4v) is 2.43. The second kappa shape index (κ2) is 4.94. The molecule has 2 rings (SSSR count). The molecular formula is C12H14ClN3S. The highest BCUT2D eigenvalue weighted by atomic mass is 35.5. The summed E-state index contributed by atoms with van der Waals surface area (Å²) in [6, 6.07) is 5.48. The number of aryl methyl sites for hydroxylation is 1. The van der Waals surface area contributed by atoms with Gasteiger partial charge in [-0.3, -0.25) is 0 Å². The minimum absolute atomic E-state index is 0.690. The molecule has 17 heavy (non-hydrogen) atoms. The number of aromatic nitrogens is 1. The van der Waals surface area contributed by atoms with Gasteiger partial charge in [0.05, 0.1) is 28.6 Å². The first kappa shape index (κ1) is 12.2. The molecule has 1 heterocycles. The van der Waals surface area contributed by atoms with Crippen LogP contribution in [0.5, 0.6) is 0 Å². The van der Waals surface area contributed by atoms with Gasteiger partial charge in [0.1, 0.15) is 0 Å². The molecule has 1 aromatic heterocycles. The van der Waals surface area contributed by atoms with E-state index >= 15 is 0 Å². The Labute approximate surface area is 110 Å².